The molecule has 0 heterocycles. The van der Waals surface area contributed by atoms with Gasteiger partial charge in [-0.25, -0.2) is 0 Å². The minimum Gasteiger partial charge on any atom is -0.396 e. The topological polar surface area (TPSA) is 61.4 Å². The third-order valence-corrected chi connectivity index (χ3v) is 1.86. The van der Waals surface area contributed by atoms with Crippen LogP contribution in [0.5, 0.6) is 0 Å². The number of hydrogen-bond acceptors (Lipinski definition) is 3. The second kappa shape index (κ2) is 7.76. The third kappa shape index (κ3) is 8.01. The minimum atomic E-state index is 0.0729. The normalized spacial score (nSPS) is 12.9. The average molecular weight is 202 g/mol. The SMILES string of the molecule is CC(C)NC(=O)CCNC(C)CCO. The highest BCUT2D eigenvalue weighted by Gasteiger charge is 2.04. The summed E-state index contributed by atoms with van der Waals surface area (Å²) in [5.74, 6) is 0.0729. The van der Waals surface area contributed by atoms with Gasteiger partial charge in [0.05, 0.1) is 0 Å². The van der Waals surface area contributed by atoms with Crippen molar-refractivity contribution in [3.63, 3.8) is 0 Å². The van der Waals surface area contributed by atoms with E-state index in [1.54, 1.807) is 0 Å². The van der Waals surface area contributed by atoms with E-state index in [0.717, 1.165) is 6.42 Å². The van der Waals surface area contributed by atoms with Crippen LogP contribution in [0.2, 0.25) is 0 Å². The Kier molecular flexibility index (Phi) is 7.42. The quantitative estimate of drug-likeness (QED) is 0.555. The fourth-order valence-electron chi connectivity index (χ4n) is 1.12. The number of nitrogens with one attached hydrogen (secondary N) is 2. The first kappa shape index (κ1) is 13.4. The molecule has 0 aliphatic rings. The summed E-state index contributed by atoms with van der Waals surface area (Å²) in [6, 6.07) is 0.476. The molecular weight excluding hydrogens is 180 g/mol. The van der Waals surface area contributed by atoms with Gasteiger partial charge in [0.2, 0.25) is 5.91 Å². The van der Waals surface area contributed by atoms with Gasteiger partial charge in [0.15, 0.2) is 0 Å². The van der Waals surface area contributed by atoms with Gasteiger partial charge in [0.25, 0.3) is 0 Å². The summed E-state index contributed by atoms with van der Waals surface area (Å²) in [4.78, 5) is 11.2. The molecule has 0 aromatic rings. The fraction of sp³-hybridized carbons (Fsp3) is 0.900. The van der Waals surface area contributed by atoms with Gasteiger partial charge in [-0.2, -0.15) is 0 Å². The standard InChI is InChI=1S/C10H22N2O2/c1-8(2)12-10(14)4-6-11-9(3)5-7-13/h8-9,11,13H,4-7H2,1-3H3,(H,12,14). The van der Waals surface area contributed by atoms with Crippen molar-refractivity contribution in [1.29, 1.82) is 0 Å². The summed E-state index contributed by atoms with van der Waals surface area (Å²) in [7, 11) is 0. The molecule has 0 saturated carbocycles. The second-order valence-electron chi connectivity index (χ2n) is 3.84. The maximum Gasteiger partial charge on any atom is 0.221 e. The number of hydrogen-bond donors (Lipinski definition) is 3. The Labute approximate surface area is 86.1 Å². The maximum absolute atomic E-state index is 11.2. The Morgan fingerprint density at radius 1 is 1.36 bits per heavy atom. The third-order valence-electron chi connectivity index (χ3n) is 1.86. The summed E-state index contributed by atoms with van der Waals surface area (Å²) in [6.07, 6.45) is 1.22. The van der Waals surface area contributed by atoms with Gasteiger partial charge < -0.3 is 15.7 Å². The zero-order valence-corrected chi connectivity index (χ0v) is 9.34. The van der Waals surface area contributed by atoms with E-state index in [1.165, 1.54) is 0 Å². The van der Waals surface area contributed by atoms with Crippen molar-refractivity contribution in [3.05, 3.63) is 0 Å². The lowest BCUT2D eigenvalue weighted by molar-refractivity contribution is -0.121. The largest absolute Gasteiger partial charge is 0.396 e. The van der Waals surface area contributed by atoms with Crippen molar-refractivity contribution in [2.24, 2.45) is 0 Å². The molecule has 0 bridgehead atoms. The van der Waals surface area contributed by atoms with Crippen LogP contribution >= 0.6 is 0 Å². The van der Waals surface area contributed by atoms with Gasteiger partial charge in [-0.15, -0.1) is 0 Å². The fourth-order valence-corrected chi connectivity index (χ4v) is 1.12. The summed E-state index contributed by atoms with van der Waals surface area (Å²) >= 11 is 0. The van der Waals surface area contributed by atoms with Crippen LogP contribution in [0.3, 0.4) is 0 Å². The summed E-state index contributed by atoms with van der Waals surface area (Å²) in [5, 5.41) is 14.6. The van der Waals surface area contributed by atoms with Gasteiger partial charge >= 0.3 is 0 Å². The van der Waals surface area contributed by atoms with E-state index in [1.807, 2.05) is 20.8 Å². The summed E-state index contributed by atoms with van der Waals surface area (Å²) in [6.45, 7) is 6.74. The van der Waals surface area contributed by atoms with Crippen LogP contribution in [-0.4, -0.2) is 36.2 Å². The lowest BCUT2D eigenvalue weighted by Crippen LogP contribution is -2.35. The molecule has 3 N–H and O–H groups in total. The molecular formula is C10H22N2O2. The molecule has 0 fully saturated rings. The van der Waals surface area contributed by atoms with E-state index < -0.39 is 0 Å². The highest BCUT2D eigenvalue weighted by molar-refractivity contribution is 5.76. The summed E-state index contributed by atoms with van der Waals surface area (Å²) in [5.41, 5.74) is 0. The first-order chi connectivity index (χ1) is 6.56. The molecule has 1 amide bonds. The molecule has 0 rings (SSSR count). The van der Waals surface area contributed by atoms with E-state index in [9.17, 15) is 4.79 Å². The smallest absolute Gasteiger partial charge is 0.221 e. The molecule has 84 valence electrons. The van der Waals surface area contributed by atoms with Crippen LogP contribution in [0.4, 0.5) is 0 Å². The molecule has 0 radical (unpaired) electrons. The van der Waals surface area contributed by atoms with Crippen LogP contribution in [0, 0.1) is 0 Å². The number of carbonyl (C=O) groups is 1. The van der Waals surface area contributed by atoms with Crippen molar-refractivity contribution in [3.8, 4) is 0 Å². The van der Waals surface area contributed by atoms with Crippen LogP contribution < -0.4 is 10.6 Å². The molecule has 0 aromatic heterocycles. The number of carbonyl (C=O) groups excluding carboxylic acids is 1. The van der Waals surface area contributed by atoms with Crippen LogP contribution in [0.25, 0.3) is 0 Å². The number of rotatable bonds is 7. The molecule has 0 saturated heterocycles. The molecule has 0 aliphatic carbocycles. The van der Waals surface area contributed by atoms with Crippen molar-refractivity contribution < 1.29 is 9.90 Å². The van der Waals surface area contributed by atoms with Gasteiger partial charge in [-0.05, 0) is 27.2 Å². The van der Waals surface area contributed by atoms with E-state index in [0.29, 0.717) is 13.0 Å². The molecule has 0 aliphatic heterocycles. The van der Waals surface area contributed by atoms with Gasteiger partial charge in [-0.3, -0.25) is 4.79 Å². The molecule has 1 atom stereocenters. The van der Waals surface area contributed by atoms with E-state index in [4.69, 9.17) is 5.11 Å². The first-order valence-electron chi connectivity index (χ1n) is 5.20. The number of aliphatic hydroxyl groups excluding tert-OH is 1. The lowest BCUT2D eigenvalue weighted by Gasteiger charge is -2.12. The van der Waals surface area contributed by atoms with Gasteiger partial charge in [0, 0.05) is 31.7 Å². The maximum atomic E-state index is 11.2. The lowest BCUT2D eigenvalue weighted by atomic mass is 10.2. The van der Waals surface area contributed by atoms with E-state index in [2.05, 4.69) is 10.6 Å². The Bertz CT molecular complexity index is 160. The van der Waals surface area contributed by atoms with E-state index in [-0.39, 0.29) is 24.6 Å². The van der Waals surface area contributed by atoms with E-state index >= 15 is 0 Å². The number of aliphatic hydroxyl groups is 1. The predicted molar refractivity (Wildman–Crippen MR) is 57.1 cm³/mol. The Morgan fingerprint density at radius 3 is 2.50 bits per heavy atom. The zero-order chi connectivity index (χ0) is 11.0. The molecule has 0 spiro atoms. The molecule has 1 unspecified atom stereocenters. The van der Waals surface area contributed by atoms with Crippen LogP contribution in [0.1, 0.15) is 33.6 Å². The molecule has 4 heteroatoms. The van der Waals surface area contributed by atoms with Crippen molar-refractivity contribution in [2.45, 2.75) is 45.7 Å². The Morgan fingerprint density at radius 2 is 2.00 bits per heavy atom. The average Bonchev–Trinajstić information content (AvgIpc) is 2.02. The molecule has 14 heavy (non-hydrogen) atoms. The monoisotopic (exact) mass is 202 g/mol. The van der Waals surface area contributed by atoms with Crippen molar-refractivity contribution in [1.82, 2.24) is 10.6 Å². The minimum absolute atomic E-state index is 0.0729. The van der Waals surface area contributed by atoms with Crippen molar-refractivity contribution >= 4 is 5.91 Å². The highest BCUT2D eigenvalue weighted by Crippen LogP contribution is 1.89. The second-order valence-corrected chi connectivity index (χ2v) is 3.84. The summed E-state index contributed by atoms with van der Waals surface area (Å²) < 4.78 is 0. The number of amides is 1. The molecule has 4 nitrogen and oxygen atoms in total. The van der Waals surface area contributed by atoms with Crippen LogP contribution in [-0.2, 0) is 4.79 Å². The van der Waals surface area contributed by atoms with Crippen molar-refractivity contribution in [2.75, 3.05) is 13.2 Å². The molecule has 0 aromatic carbocycles. The highest BCUT2D eigenvalue weighted by atomic mass is 16.3. The zero-order valence-electron chi connectivity index (χ0n) is 9.34. The Balaban J connectivity index is 3.39. The first-order valence-corrected chi connectivity index (χ1v) is 5.20. The van der Waals surface area contributed by atoms with Gasteiger partial charge in [0.1, 0.15) is 0 Å². The Hall–Kier alpha value is -0.610. The van der Waals surface area contributed by atoms with Crippen LogP contribution in [0.15, 0.2) is 0 Å². The van der Waals surface area contributed by atoms with Gasteiger partial charge in [-0.1, -0.05) is 0 Å². The predicted octanol–water partition coefficient (Wildman–Crippen LogP) is 0.262.